The van der Waals surface area contributed by atoms with E-state index in [1.807, 2.05) is 39.8 Å². The molecule has 1 aromatic heterocycles. The third-order valence-electron chi connectivity index (χ3n) is 5.87. The van der Waals surface area contributed by atoms with E-state index in [0.29, 0.717) is 33.0 Å². The predicted molar refractivity (Wildman–Crippen MR) is 131 cm³/mol. The highest BCUT2D eigenvalue weighted by Crippen LogP contribution is 2.44. The van der Waals surface area contributed by atoms with Gasteiger partial charge in [-0.1, -0.05) is 0 Å². The minimum Gasteiger partial charge on any atom is -0.468 e. The Labute approximate surface area is 201 Å². The third kappa shape index (κ3) is 8.61. The maximum Gasteiger partial charge on any atom is 0.335 e. The molecule has 1 aromatic rings. The monoisotopic (exact) mass is 501 g/mol. The number of nitrogens with zero attached hydrogens (tertiary/aromatic N) is 1. The van der Waals surface area contributed by atoms with Crippen LogP contribution >= 0.6 is 0 Å². The first-order chi connectivity index (χ1) is 15.8. The smallest absolute Gasteiger partial charge is 0.335 e. The summed E-state index contributed by atoms with van der Waals surface area (Å²) in [7, 11) is -4.36. The van der Waals surface area contributed by atoms with Crippen LogP contribution in [0, 0.1) is 0 Å². The summed E-state index contributed by atoms with van der Waals surface area (Å²) < 4.78 is 34.9. The maximum atomic E-state index is 12.9. The zero-order chi connectivity index (χ0) is 24.3. The number of ether oxygens (including phenoxy) is 1. The third-order valence-corrected chi connectivity index (χ3v) is 12.0. The van der Waals surface area contributed by atoms with Crippen molar-refractivity contribution in [2.75, 3.05) is 39.6 Å². The number of hydrogen-bond donors (Lipinski definition) is 0. The lowest BCUT2D eigenvalue weighted by Gasteiger charge is -2.26. The van der Waals surface area contributed by atoms with Crippen LogP contribution in [-0.2, 0) is 27.2 Å². The van der Waals surface area contributed by atoms with Crippen molar-refractivity contribution in [1.29, 1.82) is 0 Å². The minimum absolute atomic E-state index is 0.0638. The molecule has 33 heavy (non-hydrogen) atoms. The Kier molecular flexibility index (Phi) is 11.8. The highest BCUT2D eigenvalue weighted by Gasteiger charge is 2.55. The van der Waals surface area contributed by atoms with Gasteiger partial charge in [0, 0.05) is 26.4 Å². The maximum absolute atomic E-state index is 12.9. The number of furan rings is 1. The summed E-state index contributed by atoms with van der Waals surface area (Å²) in [5.74, 6) is 0.612. The molecular weight excluding hydrogens is 458 g/mol. The van der Waals surface area contributed by atoms with Crippen LogP contribution in [0.5, 0.6) is 0 Å². The molecule has 1 aliphatic heterocycles. The van der Waals surface area contributed by atoms with Crippen LogP contribution in [0.4, 0.5) is 0 Å². The van der Waals surface area contributed by atoms with Gasteiger partial charge in [-0.25, -0.2) is 0 Å². The quantitative estimate of drug-likeness (QED) is 0.125. The van der Waals surface area contributed by atoms with E-state index in [9.17, 15) is 4.79 Å². The van der Waals surface area contributed by atoms with Gasteiger partial charge < -0.3 is 26.9 Å². The molecule has 1 fully saturated rings. The van der Waals surface area contributed by atoms with Gasteiger partial charge in [0.05, 0.1) is 18.9 Å². The first-order valence-corrected chi connectivity index (χ1v) is 17.4. The highest BCUT2D eigenvalue weighted by atomic mass is 28.4. The number of esters is 1. The topological polar surface area (TPSA) is 79.4 Å². The second kappa shape index (κ2) is 13.8. The molecule has 2 heterocycles. The SMILES string of the molecule is CCO[Si](C)(CCCOC(=O)C1C(c2ccco2)N1CCC[Si](C)(OCC)OCC)OCC. The Morgan fingerprint density at radius 2 is 1.48 bits per heavy atom. The molecule has 0 aliphatic carbocycles. The Bertz CT molecular complexity index is 676. The van der Waals surface area contributed by atoms with Crippen molar-refractivity contribution >= 4 is 23.1 Å². The van der Waals surface area contributed by atoms with Gasteiger partial charge in [-0.15, -0.1) is 0 Å². The molecule has 190 valence electrons. The van der Waals surface area contributed by atoms with Crippen LogP contribution in [0.1, 0.15) is 52.3 Å². The minimum atomic E-state index is -2.19. The molecule has 0 saturated carbocycles. The average molecular weight is 502 g/mol. The zero-order valence-corrected chi connectivity index (χ0v) is 23.3. The molecule has 8 nitrogen and oxygen atoms in total. The highest BCUT2D eigenvalue weighted by molar-refractivity contribution is 6.66. The van der Waals surface area contributed by atoms with Crippen LogP contribution in [0.15, 0.2) is 22.8 Å². The van der Waals surface area contributed by atoms with Gasteiger partial charge >= 0.3 is 23.1 Å². The summed E-state index contributed by atoms with van der Waals surface area (Å²) in [5.41, 5.74) is 0. The molecule has 0 spiro atoms. The molecular formula is C23H43NO7Si2. The van der Waals surface area contributed by atoms with Gasteiger partial charge in [-0.3, -0.25) is 9.69 Å². The zero-order valence-electron chi connectivity index (χ0n) is 21.3. The Morgan fingerprint density at radius 3 is 1.97 bits per heavy atom. The van der Waals surface area contributed by atoms with E-state index in [1.165, 1.54) is 0 Å². The molecule has 0 amide bonds. The van der Waals surface area contributed by atoms with Crippen molar-refractivity contribution in [3.05, 3.63) is 24.2 Å². The number of rotatable bonds is 18. The van der Waals surface area contributed by atoms with Gasteiger partial charge in [0.2, 0.25) is 0 Å². The summed E-state index contributed by atoms with van der Waals surface area (Å²) in [4.78, 5) is 15.0. The summed E-state index contributed by atoms with van der Waals surface area (Å²) in [6.07, 6.45) is 3.28. The number of carbonyl (C=O) groups excluding carboxylic acids is 1. The summed E-state index contributed by atoms with van der Waals surface area (Å²) in [6, 6.07) is 5.10. The van der Waals surface area contributed by atoms with Crippen LogP contribution in [-0.4, -0.2) is 73.6 Å². The second-order valence-electron chi connectivity index (χ2n) is 8.52. The fourth-order valence-corrected chi connectivity index (χ4v) is 9.20. The van der Waals surface area contributed by atoms with E-state index >= 15 is 0 Å². The summed E-state index contributed by atoms with van der Waals surface area (Å²) >= 11 is 0. The molecule has 10 heteroatoms. The van der Waals surface area contributed by atoms with Crippen LogP contribution < -0.4 is 0 Å². The molecule has 0 radical (unpaired) electrons. The van der Waals surface area contributed by atoms with Crippen molar-refractivity contribution < 1.29 is 31.7 Å². The lowest BCUT2D eigenvalue weighted by Crippen LogP contribution is -2.39. The lowest BCUT2D eigenvalue weighted by molar-refractivity contribution is -0.144. The van der Waals surface area contributed by atoms with E-state index in [-0.39, 0.29) is 18.1 Å². The lowest BCUT2D eigenvalue weighted by atomic mass is 10.2. The van der Waals surface area contributed by atoms with Crippen LogP contribution in [0.25, 0.3) is 0 Å². The van der Waals surface area contributed by atoms with E-state index in [1.54, 1.807) is 6.26 Å². The Hall–Kier alpha value is -1.02. The van der Waals surface area contributed by atoms with E-state index in [4.69, 9.17) is 26.9 Å². The van der Waals surface area contributed by atoms with Crippen molar-refractivity contribution in [2.45, 2.75) is 77.8 Å². The standard InChI is InChI=1S/C23H43NO7Si2/c1-7-28-32(5,29-8-2)18-12-15-24-21(20-14-11-16-26-20)22(24)23(25)27-17-13-19-33(6,30-9-3)31-10-4/h11,14,16,21-22H,7-10,12-13,15,17-19H2,1-6H3. The fraction of sp³-hybridized carbons (Fsp3) is 0.783. The molecule has 2 rings (SSSR count). The molecule has 0 bridgehead atoms. The van der Waals surface area contributed by atoms with Gasteiger partial charge in [0.1, 0.15) is 11.8 Å². The molecule has 0 N–H and O–H groups in total. The number of carbonyl (C=O) groups is 1. The van der Waals surface area contributed by atoms with Gasteiger partial charge in [0.25, 0.3) is 0 Å². The van der Waals surface area contributed by atoms with Gasteiger partial charge in [-0.05, 0) is 84.4 Å². The molecule has 3 unspecified atom stereocenters. The van der Waals surface area contributed by atoms with Gasteiger partial charge in [0.15, 0.2) is 0 Å². The molecule has 3 atom stereocenters. The first-order valence-electron chi connectivity index (χ1n) is 12.3. The Morgan fingerprint density at radius 1 is 0.939 bits per heavy atom. The van der Waals surface area contributed by atoms with E-state index in [0.717, 1.165) is 37.2 Å². The van der Waals surface area contributed by atoms with E-state index in [2.05, 4.69) is 18.0 Å². The summed E-state index contributed by atoms with van der Waals surface area (Å²) in [5, 5.41) is 0. The average Bonchev–Trinajstić information content (AvgIpc) is 3.21. The van der Waals surface area contributed by atoms with Crippen molar-refractivity contribution in [3.8, 4) is 0 Å². The first kappa shape index (κ1) is 28.2. The molecule has 1 aliphatic rings. The molecule has 0 aromatic carbocycles. The predicted octanol–water partition coefficient (Wildman–Crippen LogP) is 4.62. The number of hydrogen-bond acceptors (Lipinski definition) is 8. The fourth-order valence-electron chi connectivity index (χ4n) is 4.42. The second-order valence-corrected chi connectivity index (χ2v) is 15.2. The summed E-state index contributed by atoms with van der Waals surface area (Å²) in [6.45, 7) is 15.9. The van der Waals surface area contributed by atoms with Crippen LogP contribution in [0.3, 0.4) is 0 Å². The largest absolute Gasteiger partial charge is 0.468 e. The van der Waals surface area contributed by atoms with Crippen molar-refractivity contribution in [1.82, 2.24) is 4.90 Å². The van der Waals surface area contributed by atoms with Crippen molar-refractivity contribution in [2.24, 2.45) is 0 Å². The van der Waals surface area contributed by atoms with Crippen molar-refractivity contribution in [3.63, 3.8) is 0 Å². The normalized spacial score (nSPS) is 20.7. The van der Waals surface area contributed by atoms with Crippen LogP contribution in [0.2, 0.25) is 25.2 Å². The van der Waals surface area contributed by atoms with Gasteiger partial charge in [-0.2, -0.15) is 0 Å². The van der Waals surface area contributed by atoms with E-state index < -0.39 is 17.1 Å². The Balaban J connectivity index is 1.86. The molecule has 1 saturated heterocycles.